The molecule has 4 nitrogen and oxygen atoms in total. The van der Waals surface area contributed by atoms with Gasteiger partial charge in [0.2, 0.25) is 0 Å². The van der Waals surface area contributed by atoms with Crippen LogP contribution in [0.3, 0.4) is 0 Å². The summed E-state index contributed by atoms with van der Waals surface area (Å²) in [4.78, 5) is 3.98. The van der Waals surface area contributed by atoms with Crippen molar-refractivity contribution >= 4 is 0 Å². The molecule has 2 N–H and O–H groups in total. The Hall–Kier alpha value is -1.91. The van der Waals surface area contributed by atoms with E-state index in [2.05, 4.69) is 10.3 Å². The predicted molar refractivity (Wildman–Crippen MR) is 83.5 cm³/mol. The SMILES string of the molecule is Cc1ccc(OCC(O)CNCCc2ccncc2)cc1. The van der Waals surface area contributed by atoms with Crippen molar-refractivity contribution in [2.45, 2.75) is 19.4 Å². The van der Waals surface area contributed by atoms with Crippen LogP contribution in [-0.4, -0.2) is 35.9 Å². The van der Waals surface area contributed by atoms with E-state index >= 15 is 0 Å². The summed E-state index contributed by atoms with van der Waals surface area (Å²) in [6, 6.07) is 11.8. The van der Waals surface area contributed by atoms with Gasteiger partial charge in [0.25, 0.3) is 0 Å². The van der Waals surface area contributed by atoms with Gasteiger partial charge in [-0.2, -0.15) is 0 Å². The largest absolute Gasteiger partial charge is 0.491 e. The summed E-state index contributed by atoms with van der Waals surface area (Å²) < 4.78 is 5.54. The lowest BCUT2D eigenvalue weighted by molar-refractivity contribution is 0.106. The van der Waals surface area contributed by atoms with Crippen molar-refractivity contribution in [3.8, 4) is 5.75 Å². The van der Waals surface area contributed by atoms with Crippen molar-refractivity contribution in [1.29, 1.82) is 0 Å². The van der Waals surface area contributed by atoms with Gasteiger partial charge in [-0.3, -0.25) is 4.98 Å². The van der Waals surface area contributed by atoms with E-state index in [1.54, 1.807) is 12.4 Å². The van der Waals surface area contributed by atoms with Crippen LogP contribution >= 0.6 is 0 Å². The maximum atomic E-state index is 9.86. The summed E-state index contributed by atoms with van der Waals surface area (Å²) in [5.41, 5.74) is 2.43. The average Bonchev–Trinajstić information content (AvgIpc) is 2.52. The molecule has 0 saturated heterocycles. The Bertz CT molecular complexity index is 514. The van der Waals surface area contributed by atoms with Gasteiger partial charge in [-0.25, -0.2) is 0 Å². The minimum Gasteiger partial charge on any atom is -0.491 e. The summed E-state index contributed by atoms with van der Waals surface area (Å²) in [6.45, 7) is 3.68. The Kier molecular flexibility index (Phi) is 6.19. The predicted octanol–water partition coefficient (Wildman–Crippen LogP) is 1.96. The molecule has 0 amide bonds. The van der Waals surface area contributed by atoms with E-state index in [0.717, 1.165) is 18.7 Å². The molecule has 0 saturated carbocycles. The van der Waals surface area contributed by atoms with E-state index in [4.69, 9.17) is 4.74 Å². The Morgan fingerprint density at radius 3 is 2.57 bits per heavy atom. The quantitative estimate of drug-likeness (QED) is 0.728. The van der Waals surface area contributed by atoms with Crippen molar-refractivity contribution < 1.29 is 9.84 Å². The molecule has 0 bridgehead atoms. The molecular formula is C17H22N2O2. The van der Waals surface area contributed by atoms with Gasteiger partial charge in [0, 0.05) is 18.9 Å². The van der Waals surface area contributed by atoms with Crippen LogP contribution in [0.1, 0.15) is 11.1 Å². The molecule has 0 aliphatic rings. The van der Waals surface area contributed by atoms with Crippen LogP contribution in [0.2, 0.25) is 0 Å². The summed E-state index contributed by atoms with van der Waals surface area (Å²) in [7, 11) is 0. The lowest BCUT2D eigenvalue weighted by atomic mass is 10.2. The van der Waals surface area contributed by atoms with Crippen molar-refractivity contribution in [3.63, 3.8) is 0 Å². The highest BCUT2D eigenvalue weighted by molar-refractivity contribution is 5.26. The number of nitrogens with zero attached hydrogens (tertiary/aromatic N) is 1. The van der Waals surface area contributed by atoms with E-state index in [-0.39, 0.29) is 0 Å². The summed E-state index contributed by atoms with van der Waals surface area (Å²) in [5.74, 6) is 0.788. The second-order valence-corrected chi connectivity index (χ2v) is 5.09. The third kappa shape index (κ3) is 5.94. The third-order valence-electron chi connectivity index (χ3n) is 3.18. The number of aliphatic hydroxyl groups excluding tert-OH is 1. The molecule has 0 radical (unpaired) electrons. The second-order valence-electron chi connectivity index (χ2n) is 5.09. The van der Waals surface area contributed by atoms with Gasteiger partial charge in [-0.1, -0.05) is 17.7 Å². The topological polar surface area (TPSA) is 54.4 Å². The smallest absolute Gasteiger partial charge is 0.119 e. The normalized spacial score (nSPS) is 12.1. The molecular weight excluding hydrogens is 264 g/mol. The first-order valence-corrected chi connectivity index (χ1v) is 7.21. The van der Waals surface area contributed by atoms with Gasteiger partial charge < -0.3 is 15.2 Å². The van der Waals surface area contributed by atoms with Crippen molar-refractivity contribution in [1.82, 2.24) is 10.3 Å². The molecule has 2 aromatic rings. The zero-order chi connectivity index (χ0) is 14.9. The lowest BCUT2D eigenvalue weighted by Gasteiger charge is -2.13. The average molecular weight is 286 g/mol. The molecule has 1 aromatic carbocycles. The number of benzene rings is 1. The molecule has 1 aromatic heterocycles. The fourth-order valence-electron chi connectivity index (χ4n) is 1.94. The van der Waals surface area contributed by atoms with Crippen molar-refractivity contribution in [2.24, 2.45) is 0 Å². The van der Waals surface area contributed by atoms with Gasteiger partial charge >= 0.3 is 0 Å². The van der Waals surface area contributed by atoms with Gasteiger partial charge in [-0.05, 0) is 49.7 Å². The zero-order valence-electron chi connectivity index (χ0n) is 12.3. The molecule has 21 heavy (non-hydrogen) atoms. The molecule has 1 atom stereocenters. The van der Waals surface area contributed by atoms with E-state index in [0.29, 0.717) is 13.2 Å². The Labute approximate surface area is 125 Å². The van der Waals surface area contributed by atoms with Crippen molar-refractivity contribution in [2.75, 3.05) is 19.7 Å². The van der Waals surface area contributed by atoms with Crippen LogP contribution < -0.4 is 10.1 Å². The van der Waals surface area contributed by atoms with Crippen LogP contribution in [0.5, 0.6) is 5.75 Å². The molecule has 0 spiro atoms. The number of aliphatic hydroxyl groups is 1. The fourth-order valence-corrected chi connectivity index (χ4v) is 1.94. The maximum absolute atomic E-state index is 9.86. The van der Waals surface area contributed by atoms with Crippen molar-refractivity contribution in [3.05, 3.63) is 59.9 Å². The van der Waals surface area contributed by atoms with Crippen LogP contribution in [0.25, 0.3) is 0 Å². The Balaban J connectivity index is 1.59. The van der Waals surface area contributed by atoms with Gasteiger partial charge in [0.1, 0.15) is 18.5 Å². The van der Waals surface area contributed by atoms with E-state index in [9.17, 15) is 5.11 Å². The first kappa shape index (κ1) is 15.5. The molecule has 112 valence electrons. The highest BCUT2D eigenvalue weighted by Crippen LogP contribution is 2.11. The molecule has 0 aliphatic heterocycles. The Morgan fingerprint density at radius 1 is 1.14 bits per heavy atom. The summed E-state index contributed by atoms with van der Waals surface area (Å²) in [6.07, 6.45) is 4.00. The van der Waals surface area contributed by atoms with Crippen LogP contribution in [0, 0.1) is 6.92 Å². The highest BCUT2D eigenvalue weighted by atomic mass is 16.5. The summed E-state index contributed by atoms with van der Waals surface area (Å²) >= 11 is 0. The monoisotopic (exact) mass is 286 g/mol. The van der Waals surface area contributed by atoms with Gasteiger partial charge in [0.05, 0.1) is 0 Å². The van der Waals surface area contributed by atoms with Crippen LogP contribution in [-0.2, 0) is 6.42 Å². The Morgan fingerprint density at radius 2 is 1.86 bits per heavy atom. The molecule has 1 heterocycles. The molecule has 4 heteroatoms. The molecule has 2 rings (SSSR count). The number of ether oxygens (including phenoxy) is 1. The van der Waals surface area contributed by atoms with Crippen LogP contribution in [0.15, 0.2) is 48.8 Å². The number of pyridine rings is 1. The molecule has 0 fully saturated rings. The molecule has 0 aliphatic carbocycles. The van der Waals surface area contributed by atoms with E-state index in [1.165, 1.54) is 11.1 Å². The highest BCUT2D eigenvalue weighted by Gasteiger charge is 2.04. The summed E-state index contributed by atoms with van der Waals surface area (Å²) in [5, 5.41) is 13.1. The first-order valence-electron chi connectivity index (χ1n) is 7.21. The minimum atomic E-state index is -0.510. The number of nitrogens with one attached hydrogen (secondary N) is 1. The van der Waals surface area contributed by atoms with E-state index < -0.39 is 6.10 Å². The fraction of sp³-hybridized carbons (Fsp3) is 0.353. The first-order chi connectivity index (χ1) is 10.2. The lowest BCUT2D eigenvalue weighted by Crippen LogP contribution is -2.32. The number of hydrogen-bond acceptors (Lipinski definition) is 4. The standard InChI is InChI=1S/C17H22N2O2/c1-14-2-4-17(5-3-14)21-13-16(20)12-19-11-8-15-6-9-18-10-7-15/h2-7,9-10,16,19-20H,8,11-13H2,1H3. The third-order valence-corrected chi connectivity index (χ3v) is 3.18. The van der Waals surface area contributed by atoms with Gasteiger partial charge in [-0.15, -0.1) is 0 Å². The van der Waals surface area contributed by atoms with E-state index in [1.807, 2.05) is 43.3 Å². The zero-order valence-corrected chi connectivity index (χ0v) is 12.3. The molecule has 1 unspecified atom stereocenters. The minimum absolute atomic E-state index is 0.297. The number of hydrogen-bond donors (Lipinski definition) is 2. The number of aromatic nitrogens is 1. The van der Waals surface area contributed by atoms with Crippen LogP contribution in [0.4, 0.5) is 0 Å². The number of rotatable bonds is 8. The maximum Gasteiger partial charge on any atom is 0.119 e. The number of aryl methyl sites for hydroxylation is 1. The van der Waals surface area contributed by atoms with Gasteiger partial charge in [0.15, 0.2) is 0 Å². The second kappa shape index (κ2) is 8.39.